The summed E-state index contributed by atoms with van der Waals surface area (Å²) < 4.78 is 5.32. The third-order valence-electron chi connectivity index (χ3n) is 3.32. The maximum absolute atomic E-state index is 11.1. The number of rotatable bonds is 5. The average Bonchev–Trinajstić information content (AvgIpc) is 2.47. The molecule has 2 aromatic rings. The van der Waals surface area contributed by atoms with Gasteiger partial charge in [0.15, 0.2) is 0 Å². The Balaban J connectivity index is 2.31. The molecule has 0 atom stereocenters. The van der Waals surface area contributed by atoms with Crippen molar-refractivity contribution in [3.05, 3.63) is 53.6 Å². The molecule has 0 saturated heterocycles. The van der Waals surface area contributed by atoms with Gasteiger partial charge >= 0.3 is 5.97 Å². The summed E-state index contributed by atoms with van der Waals surface area (Å²) in [5, 5.41) is 9.13. The molecule has 0 unspecified atom stereocenters. The molecule has 0 spiro atoms. The van der Waals surface area contributed by atoms with Crippen molar-refractivity contribution in [1.29, 1.82) is 0 Å². The van der Waals surface area contributed by atoms with Gasteiger partial charge in [0.05, 0.1) is 24.0 Å². The van der Waals surface area contributed by atoms with Gasteiger partial charge in [0.2, 0.25) is 0 Å². The lowest BCUT2D eigenvalue weighted by Crippen LogP contribution is -2.19. The van der Waals surface area contributed by atoms with Gasteiger partial charge in [0, 0.05) is 19.2 Å². The summed E-state index contributed by atoms with van der Waals surface area (Å²) in [7, 11) is 3.49. The molecule has 0 aromatic heterocycles. The SMILES string of the molecule is COc1ccccc1CN(C)c1cccc(C(=O)O)c1N. The summed E-state index contributed by atoms with van der Waals surface area (Å²) in [5.41, 5.74) is 8.02. The number of ether oxygens (including phenoxy) is 1. The van der Waals surface area contributed by atoms with E-state index in [4.69, 9.17) is 15.6 Å². The third kappa shape index (κ3) is 3.08. The van der Waals surface area contributed by atoms with Crippen LogP contribution in [0.4, 0.5) is 11.4 Å². The molecular formula is C16H18N2O3. The van der Waals surface area contributed by atoms with Gasteiger partial charge in [-0.3, -0.25) is 0 Å². The number of hydrogen-bond donors (Lipinski definition) is 2. The fraction of sp³-hybridized carbons (Fsp3) is 0.188. The molecule has 21 heavy (non-hydrogen) atoms. The van der Waals surface area contributed by atoms with Crippen molar-refractivity contribution in [3.63, 3.8) is 0 Å². The predicted octanol–water partition coefficient (Wildman–Crippen LogP) is 2.61. The first kappa shape index (κ1) is 14.7. The normalized spacial score (nSPS) is 10.2. The Morgan fingerprint density at radius 3 is 2.62 bits per heavy atom. The highest BCUT2D eigenvalue weighted by molar-refractivity contribution is 5.97. The van der Waals surface area contributed by atoms with Crippen molar-refractivity contribution in [1.82, 2.24) is 0 Å². The number of nitrogens with two attached hydrogens (primary N) is 1. The van der Waals surface area contributed by atoms with Crippen molar-refractivity contribution >= 4 is 17.3 Å². The first-order valence-electron chi connectivity index (χ1n) is 6.49. The molecule has 0 bridgehead atoms. The van der Waals surface area contributed by atoms with Crippen molar-refractivity contribution < 1.29 is 14.6 Å². The van der Waals surface area contributed by atoms with Crippen LogP contribution in [0.1, 0.15) is 15.9 Å². The number of methoxy groups -OCH3 is 1. The minimum atomic E-state index is -1.03. The van der Waals surface area contributed by atoms with Crippen LogP contribution in [0.15, 0.2) is 42.5 Å². The molecule has 0 saturated carbocycles. The van der Waals surface area contributed by atoms with Gasteiger partial charge in [0.1, 0.15) is 5.75 Å². The van der Waals surface area contributed by atoms with E-state index in [0.717, 1.165) is 11.3 Å². The van der Waals surface area contributed by atoms with Crippen molar-refractivity contribution in [2.45, 2.75) is 6.54 Å². The molecule has 5 nitrogen and oxygen atoms in total. The lowest BCUT2D eigenvalue weighted by molar-refractivity contribution is 0.0698. The van der Waals surface area contributed by atoms with E-state index < -0.39 is 5.97 Å². The minimum absolute atomic E-state index is 0.111. The minimum Gasteiger partial charge on any atom is -0.496 e. The predicted molar refractivity (Wildman–Crippen MR) is 82.9 cm³/mol. The van der Waals surface area contributed by atoms with Gasteiger partial charge in [-0.25, -0.2) is 4.79 Å². The van der Waals surface area contributed by atoms with Gasteiger partial charge in [-0.2, -0.15) is 0 Å². The topological polar surface area (TPSA) is 75.8 Å². The molecule has 0 aliphatic carbocycles. The Labute approximate surface area is 123 Å². The standard InChI is InChI=1S/C16H18N2O3/c1-18(10-11-6-3-4-9-14(11)21-2)13-8-5-7-12(15(13)17)16(19)20/h3-9H,10,17H2,1-2H3,(H,19,20). The maximum Gasteiger partial charge on any atom is 0.337 e. The van der Waals surface area contributed by atoms with Crippen LogP contribution in [0.5, 0.6) is 5.75 Å². The average molecular weight is 286 g/mol. The Kier molecular flexibility index (Phi) is 4.33. The van der Waals surface area contributed by atoms with Gasteiger partial charge in [-0.05, 0) is 18.2 Å². The maximum atomic E-state index is 11.1. The summed E-state index contributed by atoms with van der Waals surface area (Å²) in [6.45, 7) is 0.567. The van der Waals surface area contributed by atoms with E-state index in [9.17, 15) is 4.79 Å². The highest BCUT2D eigenvalue weighted by Crippen LogP contribution is 2.28. The zero-order valence-corrected chi connectivity index (χ0v) is 12.0. The van der Waals surface area contributed by atoms with Crippen LogP contribution in [0.2, 0.25) is 0 Å². The largest absolute Gasteiger partial charge is 0.496 e. The first-order valence-corrected chi connectivity index (χ1v) is 6.49. The molecule has 2 aromatic carbocycles. The summed E-state index contributed by atoms with van der Waals surface area (Å²) >= 11 is 0. The monoisotopic (exact) mass is 286 g/mol. The zero-order chi connectivity index (χ0) is 15.4. The number of benzene rings is 2. The summed E-state index contributed by atoms with van der Waals surface area (Å²) in [5.74, 6) is -0.239. The molecule has 2 rings (SSSR count). The van der Waals surface area contributed by atoms with E-state index >= 15 is 0 Å². The molecule has 0 aliphatic heterocycles. The molecule has 0 fully saturated rings. The molecule has 0 amide bonds. The van der Waals surface area contributed by atoms with Crippen molar-refractivity contribution in [2.24, 2.45) is 0 Å². The van der Waals surface area contributed by atoms with Crippen LogP contribution in [0.25, 0.3) is 0 Å². The number of carboxylic acid groups (broad SMARTS) is 1. The molecule has 0 heterocycles. The van der Waals surface area contributed by atoms with E-state index in [1.165, 1.54) is 6.07 Å². The van der Waals surface area contributed by atoms with Gasteiger partial charge in [0.25, 0.3) is 0 Å². The van der Waals surface area contributed by atoms with Crippen LogP contribution in [-0.4, -0.2) is 25.2 Å². The molecule has 110 valence electrons. The molecule has 0 aliphatic rings. The van der Waals surface area contributed by atoms with Crippen LogP contribution in [0, 0.1) is 0 Å². The van der Waals surface area contributed by atoms with E-state index in [0.29, 0.717) is 12.2 Å². The van der Waals surface area contributed by atoms with Crippen LogP contribution >= 0.6 is 0 Å². The van der Waals surface area contributed by atoms with E-state index in [-0.39, 0.29) is 11.3 Å². The highest BCUT2D eigenvalue weighted by Gasteiger charge is 2.14. The Morgan fingerprint density at radius 2 is 1.95 bits per heavy atom. The Bertz CT molecular complexity index is 656. The van der Waals surface area contributed by atoms with E-state index in [1.54, 1.807) is 19.2 Å². The number of aromatic carboxylic acids is 1. The third-order valence-corrected chi connectivity index (χ3v) is 3.32. The van der Waals surface area contributed by atoms with Crippen LogP contribution in [0.3, 0.4) is 0 Å². The van der Waals surface area contributed by atoms with Gasteiger partial charge < -0.3 is 20.5 Å². The summed E-state index contributed by atoms with van der Waals surface area (Å²) in [6, 6.07) is 12.7. The molecule has 0 radical (unpaired) electrons. The lowest BCUT2D eigenvalue weighted by atomic mass is 10.1. The van der Waals surface area contributed by atoms with Crippen molar-refractivity contribution in [3.8, 4) is 5.75 Å². The fourth-order valence-electron chi connectivity index (χ4n) is 2.25. The molecule has 5 heteroatoms. The summed E-state index contributed by atoms with van der Waals surface area (Å²) in [4.78, 5) is 13.0. The van der Waals surface area contributed by atoms with Crippen LogP contribution < -0.4 is 15.4 Å². The Hall–Kier alpha value is -2.69. The number of carboxylic acids is 1. The number of hydrogen-bond acceptors (Lipinski definition) is 4. The molecular weight excluding hydrogens is 268 g/mol. The first-order chi connectivity index (χ1) is 10.0. The van der Waals surface area contributed by atoms with Gasteiger partial charge in [-0.1, -0.05) is 24.3 Å². The molecule has 3 N–H and O–H groups in total. The number of anilines is 2. The van der Waals surface area contributed by atoms with Gasteiger partial charge in [-0.15, -0.1) is 0 Å². The second-order valence-electron chi connectivity index (χ2n) is 4.71. The van der Waals surface area contributed by atoms with E-state index in [1.807, 2.05) is 36.2 Å². The number of nitrogen functional groups attached to an aromatic ring is 1. The van der Waals surface area contributed by atoms with Crippen molar-refractivity contribution in [2.75, 3.05) is 24.8 Å². The summed E-state index contributed by atoms with van der Waals surface area (Å²) in [6.07, 6.45) is 0. The number of nitrogens with zero attached hydrogens (tertiary/aromatic N) is 1. The second kappa shape index (κ2) is 6.17. The quantitative estimate of drug-likeness (QED) is 0.826. The smallest absolute Gasteiger partial charge is 0.337 e. The van der Waals surface area contributed by atoms with Crippen LogP contribution in [-0.2, 0) is 6.54 Å². The lowest BCUT2D eigenvalue weighted by Gasteiger charge is -2.23. The number of carbonyl (C=O) groups is 1. The fourth-order valence-corrected chi connectivity index (χ4v) is 2.25. The number of para-hydroxylation sites is 2. The highest BCUT2D eigenvalue weighted by atomic mass is 16.5. The zero-order valence-electron chi connectivity index (χ0n) is 12.0. The second-order valence-corrected chi connectivity index (χ2v) is 4.71. The Morgan fingerprint density at radius 1 is 1.24 bits per heavy atom. The van der Waals surface area contributed by atoms with E-state index in [2.05, 4.69) is 0 Å².